The lowest BCUT2D eigenvalue weighted by Crippen LogP contribution is -2.23. The van der Waals surface area contributed by atoms with Crippen molar-refractivity contribution in [3.8, 4) is 0 Å². The fraction of sp³-hybridized carbons (Fsp3) is 0.231. The monoisotopic (exact) mass is 314 g/mol. The van der Waals surface area contributed by atoms with Gasteiger partial charge in [0.05, 0.1) is 4.88 Å². The van der Waals surface area contributed by atoms with Crippen LogP contribution in [0.15, 0.2) is 40.2 Å². The summed E-state index contributed by atoms with van der Waals surface area (Å²) in [6.45, 7) is 1.77. The normalized spacial score (nSPS) is 14.6. The lowest BCUT2D eigenvalue weighted by Gasteiger charge is -2.22. The fourth-order valence-corrected chi connectivity index (χ4v) is 3.62. The molecule has 0 spiro atoms. The molecular formula is C13H12BrFOS. The molecule has 1 N–H and O–H groups in total. The van der Waals surface area contributed by atoms with Crippen molar-refractivity contribution in [3.63, 3.8) is 0 Å². The van der Waals surface area contributed by atoms with Crippen molar-refractivity contribution in [2.75, 3.05) is 0 Å². The van der Waals surface area contributed by atoms with Crippen LogP contribution in [0.4, 0.5) is 4.39 Å². The third-order valence-corrected chi connectivity index (χ3v) is 4.66. The molecule has 2 aromatic rings. The zero-order valence-electron chi connectivity index (χ0n) is 9.28. The summed E-state index contributed by atoms with van der Waals surface area (Å²) in [5.41, 5.74) is -0.0260. The Balaban J connectivity index is 2.23. The summed E-state index contributed by atoms with van der Waals surface area (Å²) in [4.78, 5) is 0.891. The first-order valence-corrected chi connectivity index (χ1v) is 6.86. The molecule has 4 heteroatoms. The maximum Gasteiger partial charge on any atom is 0.123 e. The van der Waals surface area contributed by atoms with Crippen molar-refractivity contribution < 1.29 is 9.50 Å². The molecule has 0 aliphatic carbocycles. The molecule has 1 aromatic carbocycles. The minimum atomic E-state index is -0.940. The summed E-state index contributed by atoms with van der Waals surface area (Å²) in [5, 5.41) is 12.4. The largest absolute Gasteiger partial charge is 0.384 e. The quantitative estimate of drug-likeness (QED) is 0.904. The van der Waals surface area contributed by atoms with E-state index in [4.69, 9.17) is 0 Å². The predicted molar refractivity (Wildman–Crippen MR) is 71.7 cm³/mol. The summed E-state index contributed by atoms with van der Waals surface area (Å²) in [6.07, 6.45) is 0.465. The lowest BCUT2D eigenvalue weighted by atomic mass is 9.95. The fourth-order valence-electron chi connectivity index (χ4n) is 1.76. The van der Waals surface area contributed by atoms with Gasteiger partial charge in [-0.05, 0) is 52.0 Å². The third kappa shape index (κ3) is 2.94. The highest BCUT2D eigenvalue weighted by molar-refractivity contribution is 9.10. The van der Waals surface area contributed by atoms with Gasteiger partial charge in [-0.25, -0.2) is 4.39 Å². The second kappa shape index (κ2) is 4.88. The molecule has 0 saturated carbocycles. The molecule has 1 heterocycles. The molecule has 0 aliphatic rings. The van der Waals surface area contributed by atoms with Gasteiger partial charge in [0.15, 0.2) is 0 Å². The molecular weight excluding hydrogens is 303 g/mol. The van der Waals surface area contributed by atoms with Crippen molar-refractivity contribution in [2.45, 2.75) is 18.9 Å². The molecule has 0 amide bonds. The molecule has 1 aromatic heterocycles. The standard InChI is InChI=1S/C13H12BrFOS/c1-13(16,12-11(14)6-7-17-12)8-9-2-4-10(15)5-3-9/h2-7,16H,8H2,1H3. The van der Waals surface area contributed by atoms with Crippen molar-refractivity contribution in [3.05, 3.63) is 56.4 Å². The number of benzene rings is 1. The molecule has 1 unspecified atom stereocenters. The maximum absolute atomic E-state index is 12.8. The number of hydrogen-bond donors (Lipinski definition) is 1. The highest BCUT2D eigenvalue weighted by atomic mass is 79.9. The van der Waals surface area contributed by atoms with E-state index in [1.165, 1.54) is 23.5 Å². The van der Waals surface area contributed by atoms with Crippen LogP contribution in [0.1, 0.15) is 17.4 Å². The summed E-state index contributed by atoms with van der Waals surface area (Å²) >= 11 is 4.93. The van der Waals surface area contributed by atoms with Gasteiger partial charge in [-0.15, -0.1) is 11.3 Å². The van der Waals surface area contributed by atoms with E-state index in [1.54, 1.807) is 19.1 Å². The van der Waals surface area contributed by atoms with Gasteiger partial charge in [-0.2, -0.15) is 0 Å². The molecule has 0 bridgehead atoms. The highest BCUT2D eigenvalue weighted by Crippen LogP contribution is 2.35. The number of halogens is 2. The maximum atomic E-state index is 12.8. The summed E-state index contributed by atoms with van der Waals surface area (Å²) in [7, 11) is 0. The average Bonchev–Trinajstić information content (AvgIpc) is 2.68. The van der Waals surface area contributed by atoms with Crippen molar-refractivity contribution in [2.24, 2.45) is 0 Å². The molecule has 0 saturated heterocycles. The van der Waals surface area contributed by atoms with E-state index in [0.717, 1.165) is 14.9 Å². The van der Waals surface area contributed by atoms with Crippen molar-refractivity contribution in [1.29, 1.82) is 0 Å². The molecule has 17 heavy (non-hydrogen) atoms. The van der Waals surface area contributed by atoms with Crippen molar-refractivity contribution in [1.82, 2.24) is 0 Å². The van der Waals surface area contributed by atoms with Gasteiger partial charge >= 0.3 is 0 Å². The van der Waals surface area contributed by atoms with Crippen LogP contribution >= 0.6 is 27.3 Å². The SMILES string of the molecule is CC(O)(Cc1ccc(F)cc1)c1sccc1Br. The van der Waals surface area contributed by atoms with E-state index in [0.29, 0.717) is 6.42 Å². The zero-order valence-corrected chi connectivity index (χ0v) is 11.7. The summed E-state index contributed by atoms with van der Waals surface area (Å²) < 4.78 is 13.7. The Hall–Kier alpha value is -0.710. The second-order valence-electron chi connectivity index (χ2n) is 4.17. The van der Waals surface area contributed by atoms with E-state index >= 15 is 0 Å². The number of thiophene rings is 1. The first-order chi connectivity index (χ1) is 7.99. The van der Waals surface area contributed by atoms with E-state index in [2.05, 4.69) is 15.9 Å². The number of aliphatic hydroxyl groups is 1. The highest BCUT2D eigenvalue weighted by Gasteiger charge is 2.27. The molecule has 0 fully saturated rings. The summed E-state index contributed by atoms with van der Waals surface area (Å²) in [5.74, 6) is -0.259. The van der Waals surface area contributed by atoms with Crippen LogP contribution in [-0.4, -0.2) is 5.11 Å². The van der Waals surface area contributed by atoms with Crippen LogP contribution in [0, 0.1) is 5.82 Å². The first-order valence-electron chi connectivity index (χ1n) is 5.19. The topological polar surface area (TPSA) is 20.2 Å². The minimum absolute atomic E-state index is 0.259. The van der Waals surface area contributed by atoms with Crippen LogP contribution in [0.2, 0.25) is 0 Å². The van der Waals surface area contributed by atoms with E-state index in [1.807, 2.05) is 11.4 Å². The third-order valence-electron chi connectivity index (χ3n) is 2.57. The van der Waals surface area contributed by atoms with E-state index in [-0.39, 0.29) is 5.82 Å². The Morgan fingerprint density at radius 2 is 1.94 bits per heavy atom. The van der Waals surface area contributed by atoms with Gasteiger partial charge in [0.2, 0.25) is 0 Å². The molecule has 0 radical (unpaired) electrons. The Kier molecular flexibility index (Phi) is 3.66. The van der Waals surface area contributed by atoms with E-state index < -0.39 is 5.60 Å². The van der Waals surface area contributed by atoms with Crippen molar-refractivity contribution >= 4 is 27.3 Å². The van der Waals surface area contributed by atoms with E-state index in [9.17, 15) is 9.50 Å². The second-order valence-corrected chi connectivity index (χ2v) is 5.95. The van der Waals surface area contributed by atoms with Crippen LogP contribution in [0.25, 0.3) is 0 Å². The summed E-state index contributed by atoms with van der Waals surface area (Å²) in [6, 6.07) is 8.14. The Bertz CT molecular complexity index is 504. The van der Waals surface area contributed by atoms with Crippen LogP contribution in [-0.2, 0) is 12.0 Å². The van der Waals surface area contributed by atoms with Gasteiger partial charge in [0, 0.05) is 10.9 Å². The smallest absolute Gasteiger partial charge is 0.123 e. The minimum Gasteiger partial charge on any atom is -0.384 e. The molecule has 1 atom stereocenters. The average molecular weight is 315 g/mol. The van der Waals surface area contributed by atoms with Gasteiger partial charge in [0.1, 0.15) is 11.4 Å². The predicted octanol–water partition coefficient (Wildman–Crippen LogP) is 4.10. The van der Waals surface area contributed by atoms with Gasteiger partial charge in [-0.1, -0.05) is 12.1 Å². The van der Waals surface area contributed by atoms with Gasteiger partial charge < -0.3 is 5.11 Å². The van der Waals surface area contributed by atoms with Crippen LogP contribution in [0.3, 0.4) is 0 Å². The Morgan fingerprint density at radius 3 is 2.47 bits per heavy atom. The molecule has 0 aliphatic heterocycles. The van der Waals surface area contributed by atoms with Gasteiger partial charge in [0.25, 0.3) is 0 Å². The Morgan fingerprint density at radius 1 is 1.29 bits per heavy atom. The number of rotatable bonds is 3. The number of hydrogen-bond acceptors (Lipinski definition) is 2. The Labute approximate surface area is 112 Å². The van der Waals surface area contributed by atoms with Crippen LogP contribution in [0.5, 0.6) is 0 Å². The van der Waals surface area contributed by atoms with Gasteiger partial charge in [-0.3, -0.25) is 0 Å². The lowest BCUT2D eigenvalue weighted by molar-refractivity contribution is 0.0608. The molecule has 90 valence electrons. The molecule has 2 rings (SSSR count). The first kappa shape index (κ1) is 12.7. The molecule has 1 nitrogen and oxygen atoms in total. The van der Waals surface area contributed by atoms with Crippen LogP contribution < -0.4 is 0 Å². The zero-order chi connectivity index (χ0) is 12.5.